The standard InChI is InChI=1S/C11H20O6.CHNS/c1-2-3-4-5-11(17,9(15)7-13)10(16)8(14)6-12;2-1-3/h4-6,8-10,13-17H,2-3,7H2,1H3;2H. The number of aliphatic hydroxyl groups excluding tert-OH is 4. The smallest absolute Gasteiger partial charge is 0.151 e. The quantitative estimate of drug-likeness (QED) is 0.146. The average Bonchev–Trinajstić information content (AvgIpc) is 2.45. The molecule has 0 fully saturated rings. The molecule has 0 amide bonds. The summed E-state index contributed by atoms with van der Waals surface area (Å²) in [5, 5.41) is 54.4. The third-order valence-electron chi connectivity index (χ3n) is 2.48. The molecule has 0 spiro atoms. The summed E-state index contributed by atoms with van der Waals surface area (Å²) >= 11 is 3.81. The first-order valence-corrected chi connectivity index (χ1v) is 6.30. The summed E-state index contributed by atoms with van der Waals surface area (Å²) in [6, 6.07) is 0. The summed E-state index contributed by atoms with van der Waals surface area (Å²) in [7, 11) is 0. The number of allylic oxidation sites excluding steroid dienone is 1. The second kappa shape index (κ2) is 11.8. The highest BCUT2D eigenvalue weighted by Crippen LogP contribution is 2.21. The minimum Gasteiger partial charge on any atom is -0.394 e. The normalized spacial score (nSPS) is 18.1. The second-order valence-electron chi connectivity index (χ2n) is 3.95. The van der Waals surface area contributed by atoms with E-state index in [9.17, 15) is 20.1 Å². The zero-order chi connectivity index (χ0) is 16.2. The lowest BCUT2D eigenvalue weighted by atomic mass is 9.86. The van der Waals surface area contributed by atoms with Gasteiger partial charge in [0.15, 0.2) is 6.29 Å². The first-order chi connectivity index (χ1) is 9.35. The van der Waals surface area contributed by atoms with Crippen LogP contribution < -0.4 is 0 Å². The van der Waals surface area contributed by atoms with Crippen molar-refractivity contribution in [1.29, 1.82) is 5.41 Å². The molecule has 0 aliphatic carbocycles. The number of carbonyl (C=O) groups is 1. The number of rotatable bonds is 8. The molecule has 0 aliphatic rings. The lowest BCUT2D eigenvalue weighted by Gasteiger charge is -2.34. The van der Waals surface area contributed by atoms with Crippen LogP contribution in [-0.4, -0.2) is 67.5 Å². The van der Waals surface area contributed by atoms with Crippen LogP contribution in [0.3, 0.4) is 0 Å². The first kappa shape index (κ1) is 21.3. The maximum atomic E-state index is 10.3. The third-order valence-corrected chi connectivity index (χ3v) is 2.48. The van der Waals surface area contributed by atoms with Gasteiger partial charge in [0.1, 0.15) is 23.9 Å². The van der Waals surface area contributed by atoms with Crippen LogP contribution in [0.5, 0.6) is 0 Å². The van der Waals surface area contributed by atoms with Gasteiger partial charge in [0.05, 0.1) is 11.8 Å². The van der Waals surface area contributed by atoms with Crippen LogP contribution in [0.2, 0.25) is 0 Å². The fourth-order valence-corrected chi connectivity index (χ4v) is 1.34. The maximum absolute atomic E-state index is 10.3. The van der Waals surface area contributed by atoms with Crippen LogP contribution in [0.25, 0.3) is 0 Å². The lowest BCUT2D eigenvalue weighted by molar-refractivity contribution is -0.162. The highest BCUT2D eigenvalue weighted by atomic mass is 32.1. The molecule has 0 bridgehead atoms. The van der Waals surface area contributed by atoms with Gasteiger partial charge in [-0.3, -0.25) is 0 Å². The summed E-state index contributed by atoms with van der Waals surface area (Å²) in [4.78, 5) is 10.3. The van der Waals surface area contributed by atoms with E-state index in [1.807, 2.05) is 6.92 Å². The summed E-state index contributed by atoms with van der Waals surface area (Å²) in [6.45, 7) is 1.08. The van der Waals surface area contributed by atoms with E-state index in [1.54, 1.807) is 5.16 Å². The Balaban J connectivity index is 0. The van der Waals surface area contributed by atoms with Gasteiger partial charge in [-0.2, -0.15) is 0 Å². The van der Waals surface area contributed by atoms with Gasteiger partial charge in [0.25, 0.3) is 0 Å². The molecule has 0 aromatic carbocycles. The van der Waals surface area contributed by atoms with Crippen molar-refractivity contribution < 1.29 is 30.3 Å². The average molecular weight is 307 g/mol. The van der Waals surface area contributed by atoms with Crippen LogP contribution >= 0.6 is 12.2 Å². The van der Waals surface area contributed by atoms with Crippen molar-refractivity contribution in [3.63, 3.8) is 0 Å². The monoisotopic (exact) mass is 307 g/mol. The zero-order valence-corrected chi connectivity index (χ0v) is 12.0. The van der Waals surface area contributed by atoms with Crippen LogP contribution in [0.4, 0.5) is 0 Å². The first-order valence-electron chi connectivity index (χ1n) is 5.89. The molecule has 0 aromatic rings. The minimum atomic E-state index is -2.26. The van der Waals surface area contributed by atoms with Crippen molar-refractivity contribution >= 4 is 23.7 Å². The summed E-state index contributed by atoms with van der Waals surface area (Å²) in [5.41, 5.74) is -2.26. The molecule has 0 aromatic heterocycles. The van der Waals surface area contributed by atoms with Crippen LogP contribution in [-0.2, 0) is 4.79 Å². The molecular weight excluding hydrogens is 286 g/mol. The maximum Gasteiger partial charge on any atom is 0.151 e. The van der Waals surface area contributed by atoms with E-state index in [4.69, 9.17) is 15.6 Å². The minimum absolute atomic E-state index is 0.0490. The van der Waals surface area contributed by atoms with Gasteiger partial charge in [-0.1, -0.05) is 25.5 Å². The Morgan fingerprint density at radius 1 is 1.40 bits per heavy atom. The Labute approximate surface area is 122 Å². The molecule has 0 aliphatic heterocycles. The molecule has 0 saturated carbocycles. The van der Waals surface area contributed by atoms with Gasteiger partial charge < -0.3 is 30.3 Å². The SMILES string of the molecule is CCCC=CC(O)(C(O)CO)C(O)C(O)C=O.N=C=S. The van der Waals surface area contributed by atoms with E-state index < -0.39 is 30.5 Å². The van der Waals surface area contributed by atoms with Crippen molar-refractivity contribution in [2.24, 2.45) is 0 Å². The molecule has 0 radical (unpaired) electrons. The van der Waals surface area contributed by atoms with Crippen molar-refractivity contribution in [1.82, 2.24) is 0 Å². The van der Waals surface area contributed by atoms with E-state index in [1.165, 1.54) is 6.08 Å². The number of thiocarbonyl (C=S) groups is 1. The molecule has 0 saturated heterocycles. The highest BCUT2D eigenvalue weighted by Gasteiger charge is 2.43. The Kier molecular flexibility index (Phi) is 12.6. The number of aliphatic hydroxyl groups is 5. The number of unbranched alkanes of at least 4 members (excludes halogenated alkanes) is 1. The van der Waals surface area contributed by atoms with Gasteiger partial charge in [-0.05, 0) is 18.6 Å². The predicted octanol–water partition coefficient (Wildman–Crippen LogP) is -0.984. The van der Waals surface area contributed by atoms with E-state index in [2.05, 4.69) is 12.2 Å². The number of carbonyl (C=O) groups excluding carboxylic acids is 1. The molecule has 4 atom stereocenters. The molecule has 4 unspecified atom stereocenters. The molecule has 0 rings (SSSR count). The van der Waals surface area contributed by atoms with Crippen LogP contribution in [0, 0.1) is 5.41 Å². The fourth-order valence-electron chi connectivity index (χ4n) is 1.34. The van der Waals surface area contributed by atoms with Crippen molar-refractivity contribution in [3.05, 3.63) is 12.2 Å². The van der Waals surface area contributed by atoms with Gasteiger partial charge in [0, 0.05) is 0 Å². The van der Waals surface area contributed by atoms with Gasteiger partial charge >= 0.3 is 0 Å². The zero-order valence-electron chi connectivity index (χ0n) is 11.1. The topological polar surface area (TPSA) is 142 Å². The molecule has 20 heavy (non-hydrogen) atoms. The number of nitrogens with one attached hydrogen (secondary N) is 1. The van der Waals surface area contributed by atoms with Crippen molar-refractivity contribution in [3.8, 4) is 0 Å². The summed E-state index contributed by atoms with van der Waals surface area (Å²) < 4.78 is 0. The predicted molar refractivity (Wildman–Crippen MR) is 75.5 cm³/mol. The summed E-state index contributed by atoms with van der Waals surface area (Å²) in [5.74, 6) is 0. The highest BCUT2D eigenvalue weighted by molar-refractivity contribution is 7.78. The molecular formula is C12H21NO6S. The molecule has 6 N–H and O–H groups in total. The number of aldehydes is 1. The fraction of sp³-hybridized carbons (Fsp3) is 0.667. The Morgan fingerprint density at radius 2 is 1.90 bits per heavy atom. The van der Waals surface area contributed by atoms with E-state index >= 15 is 0 Å². The Hall–Kier alpha value is -0.990. The summed E-state index contributed by atoms with van der Waals surface area (Å²) in [6.07, 6.45) is -1.43. The number of hydrogen-bond acceptors (Lipinski definition) is 8. The Bertz CT molecular complexity index is 332. The van der Waals surface area contributed by atoms with E-state index in [-0.39, 0.29) is 6.29 Å². The Morgan fingerprint density at radius 3 is 2.25 bits per heavy atom. The lowest BCUT2D eigenvalue weighted by Crippen LogP contribution is -2.57. The van der Waals surface area contributed by atoms with Gasteiger partial charge in [-0.25, -0.2) is 5.41 Å². The second-order valence-corrected chi connectivity index (χ2v) is 4.15. The van der Waals surface area contributed by atoms with Crippen molar-refractivity contribution in [2.45, 2.75) is 43.7 Å². The van der Waals surface area contributed by atoms with Gasteiger partial charge in [0.2, 0.25) is 0 Å². The number of hydrogen-bond donors (Lipinski definition) is 6. The molecule has 8 heteroatoms. The number of isothiocyanates is 1. The molecule has 7 nitrogen and oxygen atoms in total. The van der Waals surface area contributed by atoms with E-state index in [0.717, 1.165) is 12.5 Å². The van der Waals surface area contributed by atoms with Gasteiger partial charge in [-0.15, -0.1) is 0 Å². The largest absolute Gasteiger partial charge is 0.394 e. The van der Waals surface area contributed by atoms with Crippen LogP contribution in [0.15, 0.2) is 12.2 Å². The molecule has 116 valence electrons. The van der Waals surface area contributed by atoms with Crippen LogP contribution in [0.1, 0.15) is 19.8 Å². The molecule has 0 heterocycles. The van der Waals surface area contributed by atoms with Crippen molar-refractivity contribution in [2.75, 3.05) is 6.61 Å². The third kappa shape index (κ3) is 6.97. The van der Waals surface area contributed by atoms with E-state index in [0.29, 0.717) is 6.42 Å².